The molecule has 2 heterocycles. The van der Waals surface area contributed by atoms with Crippen molar-refractivity contribution < 1.29 is 0 Å². The summed E-state index contributed by atoms with van der Waals surface area (Å²) in [6, 6.07) is 9.42. The van der Waals surface area contributed by atoms with E-state index in [0.29, 0.717) is 16.5 Å². The molecule has 3 aromatic rings. The van der Waals surface area contributed by atoms with Gasteiger partial charge < -0.3 is 0 Å². The number of hydrogen-bond donors (Lipinski definition) is 0. The molecule has 0 spiro atoms. The first kappa shape index (κ1) is 12.2. The largest absolute Gasteiger partial charge is 0.274 e. The van der Waals surface area contributed by atoms with Gasteiger partial charge in [-0.2, -0.15) is 5.26 Å². The third kappa shape index (κ3) is 2.09. The number of halogens is 2. The van der Waals surface area contributed by atoms with E-state index in [2.05, 4.69) is 25.9 Å². The van der Waals surface area contributed by atoms with Crippen molar-refractivity contribution in [1.29, 1.82) is 5.26 Å². The van der Waals surface area contributed by atoms with Crippen LogP contribution in [0.3, 0.4) is 0 Å². The van der Waals surface area contributed by atoms with E-state index in [9.17, 15) is 0 Å². The minimum absolute atomic E-state index is 0.297. The summed E-state index contributed by atoms with van der Waals surface area (Å²) >= 11 is 9.25. The summed E-state index contributed by atoms with van der Waals surface area (Å²) < 4.78 is 2.40. The maximum Gasteiger partial charge on any atom is 0.218 e. The van der Waals surface area contributed by atoms with Crippen LogP contribution in [0.1, 0.15) is 5.82 Å². The van der Waals surface area contributed by atoms with Crippen LogP contribution in [0.5, 0.6) is 0 Å². The lowest BCUT2D eigenvalue weighted by Gasteiger charge is -1.96. The van der Waals surface area contributed by atoms with Gasteiger partial charge in [-0.15, -0.1) is 0 Å². The Bertz CT molecular complexity index is 802. The minimum atomic E-state index is 0.297. The molecular formula is C13H6BrClN4. The van der Waals surface area contributed by atoms with Crippen molar-refractivity contribution in [3.05, 3.63) is 52.0 Å². The second-order valence-electron chi connectivity index (χ2n) is 3.87. The third-order valence-corrected chi connectivity index (χ3v) is 3.50. The summed E-state index contributed by atoms with van der Waals surface area (Å²) in [6.07, 6.45) is 3.36. The first-order valence-corrected chi connectivity index (χ1v) is 6.56. The normalized spacial score (nSPS) is 10.6. The SMILES string of the molecule is N#Cc1ncc(Br)c2nc(-c3ccc(Cl)cc3)cn12. The van der Waals surface area contributed by atoms with E-state index < -0.39 is 0 Å². The summed E-state index contributed by atoms with van der Waals surface area (Å²) in [6.45, 7) is 0. The van der Waals surface area contributed by atoms with E-state index in [1.807, 2.05) is 18.2 Å². The van der Waals surface area contributed by atoms with Crippen molar-refractivity contribution in [2.75, 3.05) is 0 Å². The Labute approximate surface area is 122 Å². The summed E-state index contributed by atoms with van der Waals surface area (Å²) in [7, 11) is 0. The molecule has 6 heteroatoms. The molecule has 0 saturated carbocycles. The van der Waals surface area contributed by atoms with E-state index in [1.54, 1.807) is 28.9 Å². The second kappa shape index (κ2) is 4.65. The second-order valence-corrected chi connectivity index (χ2v) is 5.16. The molecule has 3 rings (SSSR count). The highest BCUT2D eigenvalue weighted by atomic mass is 79.9. The molecule has 0 bridgehead atoms. The summed E-state index contributed by atoms with van der Waals surface area (Å²) in [5.74, 6) is 0.297. The first-order valence-electron chi connectivity index (χ1n) is 5.38. The molecule has 0 radical (unpaired) electrons. The predicted octanol–water partition coefficient (Wildman–Crippen LogP) is 3.68. The molecule has 19 heavy (non-hydrogen) atoms. The van der Waals surface area contributed by atoms with Crippen LogP contribution in [0.25, 0.3) is 16.9 Å². The van der Waals surface area contributed by atoms with Gasteiger partial charge in [0.1, 0.15) is 6.07 Å². The lowest BCUT2D eigenvalue weighted by Crippen LogP contribution is -1.94. The van der Waals surface area contributed by atoms with E-state index in [0.717, 1.165) is 15.7 Å². The Morgan fingerprint density at radius 2 is 2.00 bits per heavy atom. The zero-order chi connectivity index (χ0) is 13.4. The fraction of sp³-hybridized carbons (Fsp3) is 0. The molecule has 0 fully saturated rings. The molecule has 0 aliphatic rings. The molecule has 4 nitrogen and oxygen atoms in total. The van der Waals surface area contributed by atoms with Crippen molar-refractivity contribution in [3.63, 3.8) is 0 Å². The number of rotatable bonds is 1. The fourth-order valence-corrected chi connectivity index (χ4v) is 2.30. The van der Waals surface area contributed by atoms with Gasteiger partial charge in [0.15, 0.2) is 5.65 Å². The highest BCUT2D eigenvalue weighted by Gasteiger charge is 2.10. The van der Waals surface area contributed by atoms with Gasteiger partial charge in [-0.3, -0.25) is 4.40 Å². The van der Waals surface area contributed by atoms with Crippen LogP contribution in [0.2, 0.25) is 5.02 Å². The number of benzene rings is 1. The lowest BCUT2D eigenvalue weighted by molar-refractivity contribution is 1.03. The number of aromatic nitrogens is 3. The standard InChI is InChI=1S/C13H6BrClN4/c14-10-6-17-12(5-16)19-7-11(18-13(10)19)8-1-3-9(15)4-2-8/h1-4,6-7H. The van der Waals surface area contributed by atoms with Crippen molar-refractivity contribution in [2.24, 2.45) is 0 Å². The van der Waals surface area contributed by atoms with Crippen LogP contribution >= 0.6 is 27.5 Å². The molecule has 0 N–H and O–H groups in total. The van der Waals surface area contributed by atoms with E-state index in [4.69, 9.17) is 16.9 Å². The Kier molecular flexibility index (Phi) is 2.97. The van der Waals surface area contributed by atoms with E-state index in [1.165, 1.54) is 0 Å². The van der Waals surface area contributed by atoms with Crippen LogP contribution in [0.15, 0.2) is 41.1 Å². The molecule has 0 aliphatic carbocycles. The van der Waals surface area contributed by atoms with Crippen LogP contribution in [0.4, 0.5) is 0 Å². The number of hydrogen-bond acceptors (Lipinski definition) is 3. The van der Waals surface area contributed by atoms with Gasteiger partial charge in [0.2, 0.25) is 5.82 Å². The first-order chi connectivity index (χ1) is 9.19. The van der Waals surface area contributed by atoms with Gasteiger partial charge in [-0.25, -0.2) is 9.97 Å². The maximum atomic E-state index is 9.05. The molecular weight excluding hydrogens is 328 g/mol. The monoisotopic (exact) mass is 332 g/mol. The summed E-state index contributed by atoms with van der Waals surface area (Å²) in [5.41, 5.74) is 2.36. The van der Waals surface area contributed by atoms with Gasteiger partial charge in [0.05, 0.1) is 10.2 Å². The molecule has 0 saturated heterocycles. The van der Waals surface area contributed by atoms with Gasteiger partial charge in [-0.1, -0.05) is 23.7 Å². The molecule has 0 unspecified atom stereocenters. The quantitative estimate of drug-likeness (QED) is 0.682. The Morgan fingerprint density at radius 1 is 1.26 bits per heavy atom. The van der Waals surface area contributed by atoms with Crippen LogP contribution < -0.4 is 0 Å². The Hall–Kier alpha value is -1.90. The van der Waals surface area contributed by atoms with Crippen molar-refractivity contribution in [3.8, 4) is 17.3 Å². The van der Waals surface area contributed by atoms with E-state index in [-0.39, 0.29) is 0 Å². The number of fused-ring (bicyclic) bond motifs is 1. The van der Waals surface area contributed by atoms with Crippen molar-refractivity contribution in [2.45, 2.75) is 0 Å². The fourth-order valence-electron chi connectivity index (χ4n) is 1.79. The molecule has 2 aromatic heterocycles. The van der Waals surface area contributed by atoms with E-state index >= 15 is 0 Å². The summed E-state index contributed by atoms with van der Waals surface area (Å²) in [4.78, 5) is 8.54. The van der Waals surface area contributed by atoms with Crippen molar-refractivity contribution in [1.82, 2.24) is 14.4 Å². The van der Waals surface area contributed by atoms with Crippen LogP contribution in [-0.4, -0.2) is 14.4 Å². The van der Waals surface area contributed by atoms with Gasteiger partial charge in [-0.05, 0) is 28.1 Å². The van der Waals surface area contributed by atoms with Crippen molar-refractivity contribution >= 4 is 33.2 Å². The molecule has 1 aromatic carbocycles. The van der Waals surface area contributed by atoms with Gasteiger partial charge >= 0.3 is 0 Å². The Balaban J connectivity index is 2.24. The Morgan fingerprint density at radius 3 is 2.68 bits per heavy atom. The molecule has 0 aliphatic heterocycles. The number of nitrogens with zero attached hydrogens (tertiary/aromatic N) is 4. The average Bonchev–Trinajstić information content (AvgIpc) is 2.86. The van der Waals surface area contributed by atoms with Crippen LogP contribution in [0, 0.1) is 11.3 Å². The lowest BCUT2D eigenvalue weighted by atomic mass is 10.2. The van der Waals surface area contributed by atoms with Gasteiger partial charge in [0.25, 0.3) is 0 Å². The zero-order valence-electron chi connectivity index (χ0n) is 9.51. The summed E-state index contributed by atoms with van der Waals surface area (Å²) in [5, 5.41) is 9.72. The third-order valence-electron chi connectivity index (χ3n) is 2.69. The highest BCUT2D eigenvalue weighted by Crippen LogP contribution is 2.24. The average molecular weight is 334 g/mol. The minimum Gasteiger partial charge on any atom is -0.274 e. The molecule has 92 valence electrons. The molecule has 0 atom stereocenters. The topological polar surface area (TPSA) is 54.0 Å². The smallest absolute Gasteiger partial charge is 0.218 e. The predicted molar refractivity (Wildman–Crippen MR) is 75.8 cm³/mol. The maximum absolute atomic E-state index is 9.05. The number of nitriles is 1. The molecule has 0 amide bonds. The highest BCUT2D eigenvalue weighted by molar-refractivity contribution is 9.10. The number of imidazole rings is 1. The zero-order valence-corrected chi connectivity index (χ0v) is 11.9. The van der Waals surface area contributed by atoms with Crippen LogP contribution in [-0.2, 0) is 0 Å². The van der Waals surface area contributed by atoms with Gasteiger partial charge in [0, 0.05) is 23.0 Å².